The number of sulfone groups is 1. The average Bonchev–Trinajstić information content (AvgIpc) is 3.06. The van der Waals surface area contributed by atoms with Crippen molar-refractivity contribution in [3.63, 3.8) is 0 Å². The summed E-state index contributed by atoms with van der Waals surface area (Å²) in [7, 11) is -3.88. The van der Waals surface area contributed by atoms with Crippen LogP contribution in [-0.4, -0.2) is 14.4 Å². The van der Waals surface area contributed by atoms with Gasteiger partial charge in [0.15, 0.2) is 0 Å². The summed E-state index contributed by atoms with van der Waals surface area (Å²) in [4.78, 5) is 12.1. The summed E-state index contributed by atoms with van der Waals surface area (Å²) in [5.41, 5.74) is 0.927. The number of esters is 1. The van der Waals surface area contributed by atoms with Gasteiger partial charge in [0.25, 0.3) is 0 Å². The number of hydrogen-bond acceptors (Lipinski definition) is 5. The Kier molecular flexibility index (Phi) is 4.65. The first kappa shape index (κ1) is 17.3. The Morgan fingerprint density at radius 3 is 2.44 bits per heavy atom. The van der Waals surface area contributed by atoms with E-state index in [0.717, 1.165) is 5.56 Å². The van der Waals surface area contributed by atoms with Crippen molar-refractivity contribution < 1.29 is 22.4 Å². The van der Waals surface area contributed by atoms with Crippen LogP contribution in [0.3, 0.4) is 0 Å². The van der Waals surface area contributed by atoms with E-state index < -0.39 is 15.8 Å². The van der Waals surface area contributed by atoms with Crippen LogP contribution in [0.4, 0.5) is 0 Å². The van der Waals surface area contributed by atoms with Crippen molar-refractivity contribution in [2.75, 3.05) is 0 Å². The second kappa shape index (κ2) is 6.74. The van der Waals surface area contributed by atoms with Crippen LogP contribution < -0.4 is 4.74 Å². The molecule has 0 aliphatic rings. The van der Waals surface area contributed by atoms with E-state index in [4.69, 9.17) is 20.8 Å². The Labute approximate surface area is 149 Å². The molecule has 7 heteroatoms. The van der Waals surface area contributed by atoms with Crippen LogP contribution in [-0.2, 0) is 9.84 Å². The third-order valence-corrected chi connectivity index (χ3v) is 5.27. The van der Waals surface area contributed by atoms with Crippen LogP contribution in [0, 0.1) is 6.92 Å². The summed E-state index contributed by atoms with van der Waals surface area (Å²) in [6.45, 7) is 1.86. The molecule has 0 radical (unpaired) electrons. The van der Waals surface area contributed by atoms with Crippen molar-refractivity contribution >= 4 is 27.4 Å². The molecule has 128 valence electrons. The molecular formula is C18H13ClO5S. The summed E-state index contributed by atoms with van der Waals surface area (Å²) >= 11 is 5.76. The third kappa shape index (κ3) is 3.75. The first-order valence-corrected chi connectivity index (χ1v) is 9.12. The molecule has 0 fully saturated rings. The lowest BCUT2D eigenvalue weighted by Crippen LogP contribution is -2.07. The van der Waals surface area contributed by atoms with Crippen molar-refractivity contribution in [3.05, 3.63) is 77.0 Å². The Morgan fingerprint density at radius 2 is 1.76 bits per heavy atom. The van der Waals surface area contributed by atoms with Gasteiger partial charge in [-0.05, 0) is 61.0 Å². The molecule has 0 unspecified atom stereocenters. The predicted octanol–water partition coefficient (Wildman–Crippen LogP) is 4.29. The first-order valence-electron chi connectivity index (χ1n) is 7.25. The number of carbonyl (C=O) groups excluding carboxylic acids is 1. The molecular weight excluding hydrogens is 364 g/mol. The first-order chi connectivity index (χ1) is 11.9. The Morgan fingerprint density at radius 1 is 1.04 bits per heavy atom. The summed E-state index contributed by atoms with van der Waals surface area (Å²) in [5, 5.41) is 0.0758. The largest absolute Gasteiger partial charge is 0.437 e. The smallest absolute Gasteiger partial charge is 0.379 e. The number of halogens is 1. The summed E-state index contributed by atoms with van der Waals surface area (Å²) in [5.74, 6) is -0.624. The highest BCUT2D eigenvalue weighted by molar-refractivity contribution is 7.91. The Bertz CT molecular complexity index is 1020. The zero-order valence-electron chi connectivity index (χ0n) is 13.1. The number of hydrogen-bond donors (Lipinski definition) is 0. The zero-order valence-corrected chi connectivity index (χ0v) is 14.7. The Balaban J connectivity index is 1.84. The molecule has 1 heterocycles. The number of furan rings is 1. The lowest BCUT2D eigenvalue weighted by molar-refractivity contribution is 0.0695. The van der Waals surface area contributed by atoms with Gasteiger partial charge in [0.1, 0.15) is 5.75 Å². The fraction of sp³-hybridized carbons (Fsp3) is 0.0556. The topological polar surface area (TPSA) is 73.6 Å². The van der Waals surface area contributed by atoms with Crippen molar-refractivity contribution in [3.8, 4) is 5.75 Å². The Hall–Kier alpha value is -2.57. The van der Waals surface area contributed by atoms with E-state index in [1.165, 1.54) is 36.4 Å². The van der Waals surface area contributed by atoms with Crippen LogP contribution in [0.5, 0.6) is 5.75 Å². The summed E-state index contributed by atoms with van der Waals surface area (Å²) < 4.78 is 35.4. The molecule has 1 aromatic heterocycles. The minimum Gasteiger partial charge on any atom is -0.437 e. The SMILES string of the molecule is Cc1cccc(OC(=O)c2ccc(S(=O)(=O)c3ccc(Cl)cc3)o2)c1. The van der Waals surface area contributed by atoms with Gasteiger partial charge in [-0.15, -0.1) is 0 Å². The highest BCUT2D eigenvalue weighted by atomic mass is 35.5. The molecule has 0 aliphatic carbocycles. The van der Waals surface area contributed by atoms with E-state index in [2.05, 4.69) is 0 Å². The monoisotopic (exact) mass is 376 g/mol. The molecule has 0 bridgehead atoms. The number of carbonyl (C=O) groups is 1. The van der Waals surface area contributed by atoms with Gasteiger partial charge in [-0.1, -0.05) is 23.7 Å². The quantitative estimate of drug-likeness (QED) is 0.501. The average molecular weight is 377 g/mol. The maximum atomic E-state index is 12.5. The van der Waals surface area contributed by atoms with E-state index >= 15 is 0 Å². The molecule has 0 saturated carbocycles. The molecule has 0 amide bonds. The summed E-state index contributed by atoms with van der Waals surface area (Å²) in [6, 6.07) is 15.1. The maximum Gasteiger partial charge on any atom is 0.379 e. The third-order valence-electron chi connectivity index (χ3n) is 3.37. The van der Waals surface area contributed by atoms with Gasteiger partial charge in [0.2, 0.25) is 20.7 Å². The van der Waals surface area contributed by atoms with Crippen LogP contribution in [0.25, 0.3) is 0 Å². The van der Waals surface area contributed by atoms with Gasteiger partial charge in [-0.25, -0.2) is 13.2 Å². The van der Waals surface area contributed by atoms with Crippen molar-refractivity contribution in [2.45, 2.75) is 16.9 Å². The van der Waals surface area contributed by atoms with E-state index in [-0.39, 0.29) is 15.7 Å². The van der Waals surface area contributed by atoms with E-state index in [9.17, 15) is 13.2 Å². The van der Waals surface area contributed by atoms with Crippen LogP contribution >= 0.6 is 11.6 Å². The molecule has 3 rings (SSSR count). The highest BCUT2D eigenvalue weighted by Gasteiger charge is 2.24. The number of benzene rings is 2. The molecule has 25 heavy (non-hydrogen) atoms. The normalized spacial score (nSPS) is 11.3. The van der Waals surface area contributed by atoms with Crippen molar-refractivity contribution in [1.29, 1.82) is 0 Å². The molecule has 0 aliphatic heterocycles. The number of ether oxygens (including phenoxy) is 1. The second-order valence-corrected chi connectivity index (χ2v) is 7.60. The van der Waals surface area contributed by atoms with Gasteiger partial charge in [0, 0.05) is 5.02 Å². The number of aryl methyl sites for hydroxylation is 1. The molecule has 5 nitrogen and oxygen atoms in total. The van der Waals surface area contributed by atoms with Crippen molar-refractivity contribution in [2.24, 2.45) is 0 Å². The van der Waals surface area contributed by atoms with Gasteiger partial charge < -0.3 is 9.15 Å². The van der Waals surface area contributed by atoms with Crippen molar-refractivity contribution in [1.82, 2.24) is 0 Å². The fourth-order valence-electron chi connectivity index (χ4n) is 2.14. The molecule has 0 spiro atoms. The van der Waals surface area contributed by atoms with Gasteiger partial charge >= 0.3 is 5.97 Å². The van der Waals surface area contributed by atoms with Gasteiger partial charge in [0.05, 0.1) is 4.90 Å². The van der Waals surface area contributed by atoms with Crippen LogP contribution in [0.1, 0.15) is 16.1 Å². The van der Waals surface area contributed by atoms with E-state index in [1.54, 1.807) is 18.2 Å². The second-order valence-electron chi connectivity index (χ2n) is 5.28. The lowest BCUT2D eigenvalue weighted by Gasteiger charge is -2.03. The predicted molar refractivity (Wildman–Crippen MR) is 91.7 cm³/mol. The molecule has 0 atom stereocenters. The lowest BCUT2D eigenvalue weighted by atomic mass is 10.2. The highest BCUT2D eigenvalue weighted by Crippen LogP contribution is 2.25. The minimum atomic E-state index is -3.88. The van der Waals surface area contributed by atoms with Gasteiger partial charge in [-0.3, -0.25) is 0 Å². The van der Waals surface area contributed by atoms with E-state index in [0.29, 0.717) is 10.8 Å². The van der Waals surface area contributed by atoms with E-state index in [1.807, 2.05) is 13.0 Å². The standard InChI is InChI=1S/C18H13ClO5S/c1-12-3-2-4-14(11-12)23-18(20)16-9-10-17(24-16)25(21,22)15-7-5-13(19)6-8-15/h2-11H,1H3. The molecule has 3 aromatic rings. The summed E-state index contributed by atoms with van der Waals surface area (Å²) in [6.07, 6.45) is 0. The maximum absolute atomic E-state index is 12.5. The number of rotatable bonds is 4. The van der Waals surface area contributed by atoms with Crippen LogP contribution in [0.15, 0.2) is 75.1 Å². The molecule has 0 N–H and O–H groups in total. The minimum absolute atomic E-state index is 0.0184. The fourth-order valence-corrected chi connectivity index (χ4v) is 3.44. The zero-order chi connectivity index (χ0) is 18.0. The van der Waals surface area contributed by atoms with Crippen LogP contribution in [0.2, 0.25) is 5.02 Å². The van der Waals surface area contributed by atoms with Gasteiger partial charge in [-0.2, -0.15) is 0 Å². The molecule has 2 aromatic carbocycles. The molecule has 0 saturated heterocycles.